The molecular formula is C18H17F2N3O4. The van der Waals surface area contributed by atoms with E-state index in [9.17, 15) is 23.7 Å². The van der Waals surface area contributed by atoms with E-state index in [1.54, 1.807) is 6.07 Å². The van der Waals surface area contributed by atoms with Crippen molar-refractivity contribution in [2.24, 2.45) is 0 Å². The number of nitro benzene ring substituents is 1. The molecule has 0 aliphatic carbocycles. The third-order valence-electron chi connectivity index (χ3n) is 4.22. The molecular weight excluding hydrogens is 360 g/mol. The lowest BCUT2D eigenvalue weighted by Crippen LogP contribution is -2.19. The number of nitrogens with zero attached hydrogens (tertiary/aromatic N) is 2. The first kappa shape index (κ1) is 18.6. The number of hydrogen-bond acceptors (Lipinski definition) is 5. The number of benzene rings is 2. The Morgan fingerprint density at radius 1 is 1.15 bits per heavy atom. The van der Waals surface area contributed by atoms with E-state index < -0.39 is 17.4 Å². The third-order valence-corrected chi connectivity index (χ3v) is 4.22. The van der Waals surface area contributed by atoms with E-state index in [0.717, 1.165) is 25.9 Å². The quantitative estimate of drug-likeness (QED) is 0.606. The molecule has 0 spiro atoms. The van der Waals surface area contributed by atoms with Crippen LogP contribution in [0.5, 0.6) is 5.75 Å². The van der Waals surface area contributed by atoms with Gasteiger partial charge in [0.1, 0.15) is 11.4 Å². The first-order valence-corrected chi connectivity index (χ1v) is 8.33. The number of hydrogen-bond donors (Lipinski definition) is 1. The average molecular weight is 377 g/mol. The van der Waals surface area contributed by atoms with Crippen molar-refractivity contribution in [2.45, 2.75) is 19.5 Å². The molecule has 2 aromatic rings. The monoisotopic (exact) mass is 377 g/mol. The lowest BCUT2D eigenvalue weighted by Gasteiger charge is -2.17. The van der Waals surface area contributed by atoms with Crippen molar-refractivity contribution in [3.63, 3.8) is 0 Å². The average Bonchev–Trinajstić information content (AvgIpc) is 3.17. The number of amides is 1. The summed E-state index contributed by atoms with van der Waals surface area (Å²) in [6.45, 7) is -1.43. The summed E-state index contributed by atoms with van der Waals surface area (Å²) < 4.78 is 28.5. The van der Waals surface area contributed by atoms with Crippen molar-refractivity contribution >= 4 is 23.0 Å². The molecule has 1 heterocycles. The summed E-state index contributed by atoms with van der Waals surface area (Å²) in [6, 6.07) is 9.76. The number of nitro groups is 1. The zero-order valence-corrected chi connectivity index (χ0v) is 14.2. The van der Waals surface area contributed by atoms with E-state index in [0.29, 0.717) is 11.4 Å². The molecule has 0 bridgehead atoms. The SMILES string of the molecule is O=C(Nc1ccc(OC(F)F)cc1)c1ccc(N2CCCC2)c([N+](=O)[O-])c1. The Hall–Kier alpha value is -3.23. The number of nitrogens with one attached hydrogen (secondary N) is 1. The van der Waals surface area contributed by atoms with Gasteiger partial charge in [0.2, 0.25) is 0 Å². The van der Waals surface area contributed by atoms with Crippen molar-refractivity contribution in [1.82, 2.24) is 0 Å². The van der Waals surface area contributed by atoms with Gasteiger partial charge in [-0.25, -0.2) is 0 Å². The van der Waals surface area contributed by atoms with Gasteiger partial charge in [-0.15, -0.1) is 0 Å². The molecule has 1 aliphatic rings. The van der Waals surface area contributed by atoms with Gasteiger partial charge >= 0.3 is 6.61 Å². The third kappa shape index (κ3) is 4.49. The molecule has 1 aliphatic heterocycles. The summed E-state index contributed by atoms with van der Waals surface area (Å²) in [5.74, 6) is -0.567. The Labute approximate surface area is 153 Å². The summed E-state index contributed by atoms with van der Waals surface area (Å²) in [7, 11) is 0. The number of alkyl halides is 2. The normalized spacial score (nSPS) is 13.7. The maximum absolute atomic E-state index is 12.4. The molecule has 142 valence electrons. The molecule has 0 saturated carbocycles. The van der Waals surface area contributed by atoms with Crippen LogP contribution in [0.2, 0.25) is 0 Å². The number of anilines is 2. The highest BCUT2D eigenvalue weighted by atomic mass is 19.3. The molecule has 7 nitrogen and oxygen atoms in total. The highest BCUT2D eigenvalue weighted by molar-refractivity contribution is 6.05. The Balaban J connectivity index is 1.76. The van der Waals surface area contributed by atoms with E-state index in [4.69, 9.17) is 0 Å². The summed E-state index contributed by atoms with van der Waals surface area (Å²) >= 11 is 0. The fourth-order valence-electron chi connectivity index (χ4n) is 2.96. The molecule has 1 amide bonds. The van der Waals surface area contributed by atoms with Crippen LogP contribution < -0.4 is 15.0 Å². The van der Waals surface area contributed by atoms with Crippen LogP contribution in [0, 0.1) is 10.1 Å². The van der Waals surface area contributed by atoms with Gasteiger partial charge < -0.3 is 15.0 Å². The standard InChI is InChI=1S/C18H17F2N3O4/c19-18(20)27-14-6-4-13(5-7-14)21-17(24)12-3-8-15(16(11-12)23(25)26)22-9-1-2-10-22/h3-8,11,18H,1-2,9-10H2,(H,21,24). The molecule has 2 aromatic carbocycles. The summed E-state index contributed by atoms with van der Waals surface area (Å²) in [5, 5.41) is 14.0. The predicted molar refractivity (Wildman–Crippen MR) is 95.6 cm³/mol. The van der Waals surface area contributed by atoms with Crippen LogP contribution in [-0.2, 0) is 0 Å². The van der Waals surface area contributed by atoms with Crippen molar-refractivity contribution in [3.05, 3.63) is 58.1 Å². The number of rotatable bonds is 6. The van der Waals surface area contributed by atoms with Crippen LogP contribution in [0.4, 0.5) is 25.8 Å². The summed E-state index contributed by atoms with van der Waals surface area (Å²) in [4.78, 5) is 25.2. The highest BCUT2D eigenvalue weighted by Gasteiger charge is 2.23. The Morgan fingerprint density at radius 2 is 1.81 bits per heavy atom. The Kier molecular flexibility index (Phi) is 5.49. The number of halogens is 2. The minimum atomic E-state index is -2.93. The van der Waals surface area contributed by atoms with E-state index in [1.807, 2.05) is 4.90 Å². The summed E-state index contributed by atoms with van der Waals surface area (Å²) in [6.07, 6.45) is 1.95. The predicted octanol–water partition coefficient (Wildman–Crippen LogP) is 4.05. The number of ether oxygens (including phenoxy) is 1. The van der Waals surface area contributed by atoms with Gasteiger partial charge in [0.05, 0.1) is 4.92 Å². The van der Waals surface area contributed by atoms with Gasteiger partial charge in [-0.3, -0.25) is 14.9 Å². The largest absolute Gasteiger partial charge is 0.435 e. The van der Waals surface area contributed by atoms with Gasteiger partial charge in [-0.2, -0.15) is 8.78 Å². The van der Waals surface area contributed by atoms with Gasteiger partial charge in [0.25, 0.3) is 11.6 Å². The van der Waals surface area contributed by atoms with Crippen molar-refractivity contribution < 1.29 is 23.2 Å². The van der Waals surface area contributed by atoms with Crippen LogP contribution in [-0.4, -0.2) is 30.5 Å². The Morgan fingerprint density at radius 3 is 2.41 bits per heavy atom. The molecule has 0 unspecified atom stereocenters. The summed E-state index contributed by atoms with van der Waals surface area (Å²) in [5.41, 5.74) is 0.873. The van der Waals surface area contributed by atoms with Crippen molar-refractivity contribution in [1.29, 1.82) is 0 Å². The molecule has 0 aromatic heterocycles. The topological polar surface area (TPSA) is 84.7 Å². The van der Waals surface area contributed by atoms with Crippen LogP contribution in [0.1, 0.15) is 23.2 Å². The molecule has 27 heavy (non-hydrogen) atoms. The van der Waals surface area contributed by atoms with E-state index in [2.05, 4.69) is 10.1 Å². The van der Waals surface area contributed by atoms with Crippen molar-refractivity contribution in [3.8, 4) is 5.75 Å². The maximum Gasteiger partial charge on any atom is 0.387 e. The second-order valence-corrected chi connectivity index (χ2v) is 6.01. The fraction of sp³-hybridized carbons (Fsp3) is 0.278. The second-order valence-electron chi connectivity index (χ2n) is 6.01. The fourth-order valence-corrected chi connectivity index (χ4v) is 2.96. The lowest BCUT2D eigenvalue weighted by atomic mass is 10.1. The first-order chi connectivity index (χ1) is 12.9. The number of carbonyl (C=O) groups is 1. The molecule has 1 N–H and O–H groups in total. The second kappa shape index (κ2) is 7.98. The molecule has 1 fully saturated rings. The molecule has 0 radical (unpaired) electrons. The Bertz CT molecular complexity index is 837. The van der Waals surface area contributed by atoms with Crippen molar-refractivity contribution in [2.75, 3.05) is 23.3 Å². The lowest BCUT2D eigenvalue weighted by molar-refractivity contribution is -0.384. The number of carbonyl (C=O) groups excluding carboxylic acids is 1. The first-order valence-electron chi connectivity index (χ1n) is 8.33. The van der Waals surface area contributed by atoms with Crippen LogP contribution >= 0.6 is 0 Å². The van der Waals surface area contributed by atoms with E-state index in [1.165, 1.54) is 36.4 Å². The van der Waals surface area contributed by atoms with Gasteiger partial charge in [-0.05, 0) is 49.2 Å². The van der Waals surface area contributed by atoms with Gasteiger partial charge in [-0.1, -0.05) is 0 Å². The van der Waals surface area contributed by atoms with Crippen LogP contribution in [0.25, 0.3) is 0 Å². The van der Waals surface area contributed by atoms with E-state index >= 15 is 0 Å². The molecule has 3 rings (SSSR count). The minimum absolute atomic E-state index is 0.0337. The molecule has 1 saturated heterocycles. The zero-order chi connectivity index (χ0) is 19.4. The maximum atomic E-state index is 12.4. The molecule has 0 atom stereocenters. The highest BCUT2D eigenvalue weighted by Crippen LogP contribution is 2.32. The molecule has 9 heteroatoms. The van der Waals surface area contributed by atoms with Crippen LogP contribution in [0.15, 0.2) is 42.5 Å². The zero-order valence-electron chi connectivity index (χ0n) is 14.2. The minimum Gasteiger partial charge on any atom is -0.435 e. The van der Waals surface area contributed by atoms with Crippen LogP contribution in [0.3, 0.4) is 0 Å². The van der Waals surface area contributed by atoms with E-state index in [-0.39, 0.29) is 17.0 Å². The van der Waals surface area contributed by atoms with Gasteiger partial charge in [0, 0.05) is 30.4 Å². The smallest absolute Gasteiger partial charge is 0.387 e. The van der Waals surface area contributed by atoms with Gasteiger partial charge in [0.15, 0.2) is 0 Å².